The van der Waals surface area contributed by atoms with E-state index >= 15 is 0 Å². The molecule has 0 saturated heterocycles. The van der Waals surface area contributed by atoms with Gasteiger partial charge in [0.05, 0.1) is 30.4 Å². The Kier molecular flexibility index (Phi) is 11.4. The van der Waals surface area contributed by atoms with Gasteiger partial charge in [-0.2, -0.15) is 5.26 Å². The number of halogens is 1. The minimum absolute atomic E-state index is 0.464. The molecule has 0 unspecified atom stereocenters. The minimum Gasteiger partial charge on any atom is -0.379 e. The Labute approximate surface area is 235 Å². The van der Waals surface area contributed by atoms with Crippen LogP contribution in [0.25, 0.3) is 15.8 Å². The molecule has 0 atom stereocenters. The maximum absolute atomic E-state index is 9.73. The van der Waals surface area contributed by atoms with Crippen LogP contribution in [-0.2, 0) is 9.47 Å². The predicted octanol–water partition coefficient (Wildman–Crippen LogP) is 5.33. The molecule has 3 rings (SSSR count). The van der Waals surface area contributed by atoms with Crippen LogP contribution in [0.1, 0.15) is 30.6 Å². The average molecular weight is 582 g/mol. The molecule has 0 radical (unpaired) electrons. The van der Waals surface area contributed by atoms with E-state index < -0.39 is 8.07 Å². The predicted molar refractivity (Wildman–Crippen MR) is 164 cm³/mol. The zero-order chi connectivity index (χ0) is 26.1. The van der Waals surface area contributed by atoms with E-state index in [2.05, 4.69) is 55.6 Å². The number of anilines is 1. The van der Waals surface area contributed by atoms with Crippen LogP contribution in [-0.4, -0.2) is 66.0 Å². The highest BCUT2D eigenvalue weighted by Crippen LogP contribution is 2.41. The number of hydrogen-bond acceptors (Lipinski definition) is 7. The van der Waals surface area contributed by atoms with Crippen molar-refractivity contribution in [2.45, 2.75) is 38.8 Å². The smallest absolute Gasteiger partial charge is 0.117 e. The number of unbranched alkanes of at least 4 members (excludes halogenated alkanes) is 3. The summed E-state index contributed by atoms with van der Waals surface area (Å²) in [5.74, 6) is 0.738. The Bertz CT molecular complexity index is 1100. The molecule has 2 aromatic heterocycles. The Morgan fingerprint density at radius 1 is 1.06 bits per heavy atom. The van der Waals surface area contributed by atoms with Crippen molar-refractivity contribution in [3.63, 3.8) is 0 Å². The molecule has 36 heavy (non-hydrogen) atoms. The van der Waals surface area contributed by atoms with Crippen LogP contribution in [0.15, 0.2) is 17.7 Å². The summed E-state index contributed by atoms with van der Waals surface area (Å²) in [4.78, 5) is 6.51. The maximum atomic E-state index is 9.73. The van der Waals surface area contributed by atoms with Gasteiger partial charge in [0.2, 0.25) is 0 Å². The second-order valence-corrected chi connectivity index (χ2v) is 16.7. The van der Waals surface area contributed by atoms with Crippen LogP contribution >= 0.6 is 46.5 Å². The third-order valence-corrected chi connectivity index (χ3v) is 13.2. The van der Waals surface area contributed by atoms with Crippen molar-refractivity contribution < 1.29 is 9.47 Å². The van der Waals surface area contributed by atoms with Crippen molar-refractivity contribution in [2.75, 3.05) is 57.8 Å². The minimum atomic E-state index is -1.72. The monoisotopic (exact) mass is 581 g/mol. The largest absolute Gasteiger partial charge is 0.379 e. The molecule has 2 aromatic rings. The summed E-state index contributed by atoms with van der Waals surface area (Å²) in [7, 11) is 2.47. The average Bonchev–Trinajstić information content (AvgIpc) is 3.52. The third kappa shape index (κ3) is 7.41. The quantitative estimate of drug-likeness (QED) is 0.0765. The number of nitriles is 1. The van der Waals surface area contributed by atoms with Gasteiger partial charge < -0.3 is 19.7 Å². The van der Waals surface area contributed by atoms with E-state index in [0.29, 0.717) is 36.9 Å². The molecular weight excluding hydrogens is 546 g/mol. The zero-order valence-electron chi connectivity index (χ0n) is 21.6. The van der Waals surface area contributed by atoms with Crippen molar-refractivity contribution in [3.05, 3.63) is 22.6 Å². The molecule has 0 fully saturated rings. The lowest BCUT2D eigenvalue weighted by molar-refractivity contribution is 0.0483. The number of hydrogen-bond donors (Lipinski definition) is 1. The molecule has 0 bridgehead atoms. The molecular formula is C26H36ClN3O2S3Si. The van der Waals surface area contributed by atoms with E-state index in [4.69, 9.17) is 33.3 Å². The van der Waals surface area contributed by atoms with Gasteiger partial charge in [-0.15, -0.1) is 34.3 Å². The molecule has 10 heteroatoms. The number of nitrogens with zero attached hydrogens (tertiary/aromatic N) is 2. The molecule has 0 saturated carbocycles. The van der Waals surface area contributed by atoms with Gasteiger partial charge in [0.1, 0.15) is 19.1 Å². The first kappa shape index (κ1) is 29.3. The number of nitrogens with one attached hydrogen (secondary N) is 1. The van der Waals surface area contributed by atoms with Crippen molar-refractivity contribution in [2.24, 2.45) is 0 Å². The van der Waals surface area contributed by atoms with E-state index in [0.717, 1.165) is 43.0 Å². The highest BCUT2D eigenvalue weighted by atomic mass is 35.5. The molecule has 0 amide bonds. The lowest BCUT2D eigenvalue weighted by Crippen LogP contribution is -2.48. The summed E-state index contributed by atoms with van der Waals surface area (Å²) in [6.45, 7) is 7.81. The summed E-state index contributed by atoms with van der Waals surface area (Å²) < 4.78 is 11.2. The zero-order valence-corrected chi connectivity index (χ0v) is 25.8. The fourth-order valence-electron chi connectivity index (χ4n) is 4.09. The van der Waals surface area contributed by atoms with Crippen LogP contribution < -0.4 is 20.6 Å². The van der Waals surface area contributed by atoms with E-state index in [1.807, 2.05) is 17.4 Å². The molecule has 196 valence electrons. The number of fused-ring (bicyclic) bond motifs is 3. The lowest BCUT2D eigenvalue weighted by atomic mass is 10.2. The number of ether oxygens (including phenoxy) is 2. The SMILES string of the molecule is CN(C)c1cc2c(s1)-c1sc(/C=C(\C#N)C(=S)NCCOCCOCCCCCCCl)cc1[Si]2(C)C. The number of thiophene rings is 2. The normalized spacial score (nSPS) is 13.8. The van der Waals surface area contributed by atoms with Gasteiger partial charge in [-0.1, -0.05) is 38.2 Å². The second-order valence-electron chi connectivity index (χ2n) is 9.49. The molecule has 1 N–H and O–H groups in total. The first-order valence-corrected chi connectivity index (χ1v) is 17.9. The van der Waals surface area contributed by atoms with Crippen molar-refractivity contribution >= 4 is 81.0 Å². The summed E-state index contributed by atoms with van der Waals surface area (Å²) >= 11 is 14.8. The Balaban J connectivity index is 1.46. The summed E-state index contributed by atoms with van der Waals surface area (Å²) in [6.07, 6.45) is 6.38. The van der Waals surface area contributed by atoms with Crippen LogP contribution in [0.2, 0.25) is 13.1 Å². The topological polar surface area (TPSA) is 57.5 Å². The van der Waals surface area contributed by atoms with Gasteiger partial charge >= 0.3 is 0 Å². The summed E-state index contributed by atoms with van der Waals surface area (Å²) in [5.41, 5.74) is 0.488. The van der Waals surface area contributed by atoms with Crippen LogP contribution in [0.3, 0.4) is 0 Å². The highest BCUT2D eigenvalue weighted by molar-refractivity contribution is 7.80. The van der Waals surface area contributed by atoms with Crippen molar-refractivity contribution in [1.29, 1.82) is 5.26 Å². The van der Waals surface area contributed by atoms with E-state index in [-0.39, 0.29) is 0 Å². The lowest BCUT2D eigenvalue weighted by Gasteiger charge is -2.16. The molecule has 1 aliphatic rings. The molecule has 1 aliphatic heterocycles. The second kappa shape index (κ2) is 14.1. The van der Waals surface area contributed by atoms with Crippen LogP contribution in [0.5, 0.6) is 0 Å². The molecule has 0 aliphatic carbocycles. The Hall–Kier alpha value is -1.25. The van der Waals surface area contributed by atoms with Crippen LogP contribution in [0, 0.1) is 11.3 Å². The van der Waals surface area contributed by atoms with Gasteiger partial charge in [-0.05, 0) is 41.4 Å². The number of alkyl halides is 1. The fraction of sp³-hybridized carbons (Fsp3) is 0.538. The maximum Gasteiger partial charge on any atom is 0.117 e. The van der Waals surface area contributed by atoms with Gasteiger partial charge in [-0.3, -0.25) is 0 Å². The molecule has 5 nitrogen and oxygen atoms in total. The van der Waals surface area contributed by atoms with Gasteiger partial charge in [0.15, 0.2) is 0 Å². The number of thiocarbonyl (C=S) groups is 1. The Morgan fingerprint density at radius 2 is 1.72 bits per heavy atom. The first-order chi connectivity index (χ1) is 17.3. The third-order valence-electron chi connectivity index (χ3n) is 6.19. The molecule has 0 aromatic carbocycles. The summed E-state index contributed by atoms with van der Waals surface area (Å²) in [6, 6.07) is 6.91. The molecule has 3 heterocycles. The van der Waals surface area contributed by atoms with E-state index in [9.17, 15) is 5.26 Å². The summed E-state index contributed by atoms with van der Waals surface area (Å²) in [5, 5.41) is 17.2. The van der Waals surface area contributed by atoms with E-state index in [1.165, 1.54) is 25.1 Å². The van der Waals surface area contributed by atoms with Gasteiger partial charge in [0, 0.05) is 47.8 Å². The number of rotatable bonds is 15. The van der Waals surface area contributed by atoms with Gasteiger partial charge in [-0.25, -0.2) is 0 Å². The standard InChI is InChI=1S/C26H36ClN3O2S3Si/c1-30(2)23-17-22-25(35-23)24-21(36(22,3)4)16-20(34-24)15-19(18-28)26(33)29-10-12-32-14-13-31-11-8-6-5-7-9-27/h15-17H,5-14H2,1-4H3,(H,29,33)/b19-15+. The van der Waals surface area contributed by atoms with Crippen molar-refractivity contribution in [3.8, 4) is 15.8 Å². The van der Waals surface area contributed by atoms with E-state index in [1.54, 1.807) is 11.3 Å². The molecule has 0 spiro atoms. The fourth-order valence-corrected chi connectivity index (χ4v) is 11.6. The highest BCUT2D eigenvalue weighted by Gasteiger charge is 2.41. The Morgan fingerprint density at radius 3 is 2.42 bits per heavy atom. The van der Waals surface area contributed by atoms with Crippen LogP contribution in [0.4, 0.5) is 5.00 Å². The van der Waals surface area contributed by atoms with Gasteiger partial charge in [0.25, 0.3) is 0 Å². The first-order valence-electron chi connectivity index (χ1n) is 12.4. The van der Waals surface area contributed by atoms with Crippen molar-refractivity contribution in [1.82, 2.24) is 5.32 Å².